The van der Waals surface area contributed by atoms with Crippen molar-refractivity contribution in [2.24, 2.45) is 11.8 Å². The fourth-order valence-corrected chi connectivity index (χ4v) is 2.58. The Balaban J connectivity index is 2.43. The Morgan fingerprint density at radius 2 is 2.06 bits per heavy atom. The minimum atomic E-state index is -1.25. The Kier molecular flexibility index (Phi) is 5.40. The first-order chi connectivity index (χ1) is 8.49. The molecule has 0 aromatic carbocycles. The maximum atomic E-state index is 11.6. The molecular formula is C12H22N2O4. The van der Waals surface area contributed by atoms with E-state index in [4.69, 9.17) is 10.2 Å². The van der Waals surface area contributed by atoms with Crippen molar-refractivity contribution < 1.29 is 19.8 Å². The summed E-state index contributed by atoms with van der Waals surface area (Å²) in [5.74, 6) is -0.222. The number of urea groups is 1. The lowest BCUT2D eigenvalue weighted by atomic mass is 9.93. The van der Waals surface area contributed by atoms with Crippen LogP contribution in [0.4, 0.5) is 4.79 Å². The van der Waals surface area contributed by atoms with Crippen molar-refractivity contribution in [3.63, 3.8) is 0 Å². The molecule has 0 heterocycles. The molecule has 4 atom stereocenters. The third kappa shape index (κ3) is 3.60. The predicted octanol–water partition coefficient (Wildman–Crippen LogP) is 0.556. The first-order valence-corrected chi connectivity index (χ1v) is 6.40. The summed E-state index contributed by atoms with van der Waals surface area (Å²) in [5.41, 5.74) is 0. The number of hydrogen-bond acceptors (Lipinski definition) is 3. The number of carboxylic acids is 1. The minimum Gasteiger partial charge on any atom is -0.480 e. The third-order valence-electron chi connectivity index (χ3n) is 3.85. The number of aliphatic hydroxyl groups excluding tert-OH is 1. The highest BCUT2D eigenvalue weighted by Crippen LogP contribution is 2.33. The molecule has 3 unspecified atom stereocenters. The van der Waals surface area contributed by atoms with Gasteiger partial charge < -0.3 is 20.8 Å². The van der Waals surface area contributed by atoms with Gasteiger partial charge in [0.2, 0.25) is 0 Å². The fraction of sp³-hybridized carbons (Fsp3) is 0.833. The van der Waals surface area contributed by atoms with E-state index in [-0.39, 0.29) is 6.04 Å². The van der Waals surface area contributed by atoms with Gasteiger partial charge in [0.05, 0.1) is 6.61 Å². The first kappa shape index (κ1) is 14.8. The molecule has 0 aliphatic heterocycles. The highest BCUT2D eigenvalue weighted by Gasteiger charge is 2.33. The van der Waals surface area contributed by atoms with Gasteiger partial charge in [-0.3, -0.25) is 0 Å². The summed E-state index contributed by atoms with van der Waals surface area (Å²) in [5, 5.41) is 22.6. The summed E-state index contributed by atoms with van der Waals surface area (Å²) in [6.45, 7) is 3.63. The van der Waals surface area contributed by atoms with Crippen molar-refractivity contribution in [3.05, 3.63) is 0 Å². The molecule has 4 N–H and O–H groups in total. The summed E-state index contributed by atoms with van der Waals surface area (Å²) in [7, 11) is 0. The Morgan fingerprint density at radius 1 is 1.39 bits per heavy atom. The molecule has 0 aromatic heterocycles. The van der Waals surface area contributed by atoms with Gasteiger partial charge >= 0.3 is 12.0 Å². The Hall–Kier alpha value is -1.30. The van der Waals surface area contributed by atoms with Crippen molar-refractivity contribution in [1.82, 2.24) is 10.6 Å². The van der Waals surface area contributed by atoms with Crippen LogP contribution >= 0.6 is 0 Å². The van der Waals surface area contributed by atoms with Gasteiger partial charge in [-0.2, -0.15) is 0 Å². The van der Waals surface area contributed by atoms with Gasteiger partial charge in [0.25, 0.3) is 0 Å². The quantitative estimate of drug-likeness (QED) is 0.579. The maximum absolute atomic E-state index is 11.6. The lowest BCUT2D eigenvalue weighted by Crippen LogP contribution is -2.51. The van der Waals surface area contributed by atoms with Gasteiger partial charge in [-0.15, -0.1) is 0 Å². The zero-order valence-electron chi connectivity index (χ0n) is 10.8. The molecule has 2 amide bonds. The van der Waals surface area contributed by atoms with Crippen molar-refractivity contribution in [1.29, 1.82) is 0 Å². The van der Waals surface area contributed by atoms with Gasteiger partial charge in [-0.1, -0.05) is 20.3 Å². The predicted molar refractivity (Wildman–Crippen MR) is 66.1 cm³/mol. The number of carbonyl (C=O) groups excluding carboxylic acids is 1. The second kappa shape index (κ2) is 6.58. The number of hydrogen-bond donors (Lipinski definition) is 4. The standard InChI is InChI=1S/C12H22N2O4/c1-3-8-4-5-9(7(8)2)13-12(18)14-10(6-15)11(16)17/h7-10,15H,3-6H2,1-2H3,(H,16,17)(H2,13,14,18)/t7?,8?,9?,10-/m1/s1. The van der Waals surface area contributed by atoms with E-state index in [1.165, 1.54) is 0 Å². The molecule has 1 fully saturated rings. The summed E-state index contributed by atoms with van der Waals surface area (Å²) in [6, 6.07) is -1.68. The second-order valence-electron chi connectivity index (χ2n) is 4.90. The summed E-state index contributed by atoms with van der Waals surface area (Å²) >= 11 is 0. The molecule has 6 heteroatoms. The van der Waals surface area contributed by atoms with E-state index >= 15 is 0 Å². The van der Waals surface area contributed by atoms with Crippen LogP contribution in [0.2, 0.25) is 0 Å². The van der Waals surface area contributed by atoms with Crippen LogP contribution in [0.1, 0.15) is 33.1 Å². The average molecular weight is 258 g/mol. The summed E-state index contributed by atoms with van der Waals surface area (Å²) in [4.78, 5) is 22.3. The SMILES string of the molecule is CCC1CCC(NC(=O)N[C@H](CO)C(=O)O)C1C. The zero-order chi connectivity index (χ0) is 13.7. The molecule has 0 saturated heterocycles. The van der Waals surface area contributed by atoms with Gasteiger partial charge in [0, 0.05) is 6.04 Å². The number of aliphatic hydroxyl groups is 1. The number of rotatable bonds is 5. The van der Waals surface area contributed by atoms with Gasteiger partial charge in [-0.05, 0) is 24.7 Å². The number of aliphatic carboxylic acids is 1. The third-order valence-corrected chi connectivity index (χ3v) is 3.85. The van der Waals surface area contributed by atoms with Crippen LogP contribution in [0.5, 0.6) is 0 Å². The molecule has 0 spiro atoms. The summed E-state index contributed by atoms with van der Waals surface area (Å²) in [6.07, 6.45) is 3.10. The molecule has 18 heavy (non-hydrogen) atoms. The van der Waals surface area contributed by atoms with E-state index in [2.05, 4.69) is 24.5 Å². The lowest BCUT2D eigenvalue weighted by molar-refractivity contribution is -0.140. The number of amides is 2. The van der Waals surface area contributed by atoms with Crippen LogP contribution in [0, 0.1) is 11.8 Å². The highest BCUT2D eigenvalue weighted by molar-refractivity contribution is 5.82. The molecule has 0 radical (unpaired) electrons. The van der Waals surface area contributed by atoms with E-state index in [1.807, 2.05) is 0 Å². The van der Waals surface area contributed by atoms with Crippen LogP contribution in [-0.2, 0) is 4.79 Å². The minimum absolute atomic E-state index is 0.0862. The zero-order valence-corrected chi connectivity index (χ0v) is 10.8. The maximum Gasteiger partial charge on any atom is 0.328 e. The van der Waals surface area contributed by atoms with Crippen molar-refractivity contribution in [2.75, 3.05) is 6.61 Å². The van der Waals surface area contributed by atoms with Crippen LogP contribution in [0.15, 0.2) is 0 Å². The van der Waals surface area contributed by atoms with Gasteiger partial charge in [0.15, 0.2) is 6.04 Å². The topological polar surface area (TPSA) is 98.7 Å². The van der Waals surface area contributed by atoms with E-state index in [0.717, 1.165) is 19.3 Å². The summed E-state index contributed by atoms with van der Waals surface area (Å²) < 4.78 is 0. The van der Waals surface area contributed by atoms with Crippen molar-refractivity contribution in [2.45, 2.75) is 45.2 Å². The Morgan fingerprint density at radius 3 is 2.50 bits per heavy atom. The molecule has 1 saturated carbocycles. The van der Waals surface area contributed by atoms with Crippen LogP contribution in [-0.4, -0.2) is 40.9 Å². The largest absolute Gasteiger partial charge is 0.480 e. The Labute approximate surface area is 107 Å². The molecule has 104 valence electrons. The molecule has 6 nitrogen and oxygen atoms in total. The smallest absolute Gasteiger partial charge is 0.328 e. The first-order valence-electron chi connectivity index (χ1n) is 6.40. The van der Waals surface area contributed by atoms with Crippen molar-refractivity contribution >= 4 is 12.0 Å². The van der Waals surface area contributed by atoms with Crippen LogP contribution in [0.3, 0.4) is 0 Å². The second-order valence-corrected chi connectivity index (χ2v) is 4.90. The molecular weight excluding hydrogens is 236 g/mol. The Bertz CT molecular complexity index is 308. The fourth-order valence-electron chi connectivity index (χ4n) is 2.58. The van der Waals surface area contributed by atoms with Gasteiger partial charge in [-0.25, -0.2) is 9.59 Å². The number of nitrogens with one attached hydrogen (secondary N) is 2. The molecule has 0 aromatic rings. The lowest BCUT2D eigenvalue weighted by Gasteiger charge is -2.22. The molecule has 0 bridgehead atoms. The van der Waals surface area contributed by atoms with E-state index < -0.39 is 24.6 Å². The average Bonchev–Trinajstić information content (AvgIpc) is 2.67. The number of carboxylic acid groups (broad SMARTS) is 1. The van der Waals surface area contributed by atoms with Crippen LogP contribution < -0.4 is 10.6 Å². The highest BCUT2D eigenvalue weighted by atomic mass is 16.4. The van der Waals surface area contributed by atoms with E-state index in [0.29, 0.717) is 11.8 Å². The van der Waals surface area contributed by atoms with E-state index in [1.54, 1.807) is 0 Å². The van der Waals surface area contributed by atoms with Crippen molar-refractivity contribution in [3.8, 4) is 0 Å². The normalized spacial score (nSPS) is 28.7. The molecule has 1 aliphatic rings. The molecule has 1 rings (SSSR count). The van der Waals surface area contributed by atoms with E-state index in [9.17, 15) is 9.59 Å². The van der Waals surface area contributed by atoms with Gasteiger partial charge in [0.1, 0.15) is 0 Å². The number of carbonyl (C=O) groups is 2. The van der Waals surface area contributed by atoms with Crippen LogP contribution in [0.25, 0.3) is 0 Å². The molecule has 1 aliphatic carbocycles. The monoisotopic (exact) mass is 258 g/mol.